The first-order valence-electron chi connectivity index (χ1n) is 7.81. The normalized spacial score (nSPS) is 22.9. The number of hydrogen-bond donors (Lipinski definition) is 2. The third-order valence-corrected chi connectivity index (χ3v) is 4.23. The van der Waals surface area contributed by atoms with E-state index in [1.54, 1.807) is 0 Å². The summed E-state index contributed by atoms with van der Waals surface area (Å²) in [6.07, 6.45) is 1.93. The van der Waals surface area contributed by atoms with Gasteiger partial charge in [-0.05, 0) is 24.9 Å². The second-order valence-corrected chi connectivity index (χ2v) is 6.28. The number of benzene rings is 1. The van der Waals surface area contributed by atoms with Crippen molar-refractivity contribution in [3.05, 3.63) is 35.9 Å². The monoisotopic (exact) mass is 276 g/mol. The molecule has 1 saturated heterocycles. The summed E-state index contributed by atoms with van der Waals surface area (Å²) in [4.78, 5) is 2.39. The molecule has 0 spiro atoms. The van der Waals surface area contributed by atoms with Crippen LogP contribution in [0.1, 0.15) is 32.3 Å². The fraction of sp³-hybridized carbons (Fsp3) is 0.647. The molecule has 1 aliphatic heterocycles. The van der Waals surface area contributed by atoms with Crippen LogP contribution in [0.2, 0.25) is 0 Å². The van der Waals surface area contributed by atoms with E-state index in [9.17, 15) is 5.11 Å². The Hall–Kier alpha value is -0.900. The standard InChI is InChI=1S/C17H28N2O/c1-3-10-18-13-17(2,15-7-5-4-6-8-15)14-19-11-9-16(20)12-19/h4-8,16,18,20H,3,9-14H2,1-2H3. The Morgan fingerprint density at radius 3 is 2.70 bits per heavy atom. The molecule has 20 heavy (non-hydrogen) atoms. The minimum absolute atomic E-state index is 0.0977. The van der Waals surface area contributed by atoms with Crippen LogP contribution < -0.4 is 5.32 Å². The molecule has 112 valence electrons. The molecule has 1 fully saturated rings. The summed E-state index contributed by atoms with van der Waals surface area (Å²) in [6, 6.07) is 10.8. The first-order chi connectivity index (χ1) is 9.64. The van der Waals surface area contributed by atoms with E-state index in [2.05, 4.69) is 54.4 Å². The van der Waals surface area contributed by atoms with Gasteiger partial charge < -0.3 is 10.4 Å². The highest BCUT2D eigenvalue weighted by atomic mass is 16.3. The molecular weight excluding hydrogens is 248 g/mol. The minimum atomic E-state index is -0.140. The number of rotatable bonds is 7. The van der Waals surface area contributed by atoms with Crippen molar-refractivity contribution in [2.45, 2.75) is 38.2 Å². The van der Waals surface area contributed by atoms with Gasteiger partial charge in [0.25, 0.3) is 0 Å². The summed E-state index contributed by atoms with van der Waals surface area (Å²) < 4.78 is 0. The molecule has 2 N–H and O–H groups in total. The van der Waals surface area contributed by atoms with E-state index >= 15 is 0 Å². The molecule has 0 aromatic heterocycles. The number of aliphatic hydroxyl groups is 1. The molecular formula is C17H28N2O. The lowest BCUT2D eigenvalue weighted by Gasteiger charge is -2.34. The summed E-state index contributed by atoms with van der Waals surface area (Å²) in [7, 11) is 0. The Labute approximate surface area is 123 Å². The van der Waals surface area contributed by atoms with Crippen LogP contribution in [0.15, 0.2) is 30.3 Å². The maximum Gasteiger partial charge on any atom is 0.0679 e. The Bertz CT molecular complexity index is 395. The fourth-order valence-corrected chi connectivity index (χ4v) is 3.08. The molecule has 1 aliphatic rings. The first kappa shape index (κ1) is 15.5. The second kappa shape index (κ2) is 7.21. The zero-order valence-electron chi connectivity index (χ0n) is 12.8. The number of nitrogens with one attached hydrogen (secondary N) is 1. The zero-order chi connectivity index (χ0) is 14.4. The molecule has 2 unspecified atom stereocenters. The van der Waals surface area contributed by atoms with Crippen molar-refractivity contribution >= 4 is 0 Å². The highest BCUT2D eigenvalue weighted by molar-refractivity contribution is 5.25. The third kappa shape index (κ3) is 4.05. The van der Waals surface area contributed by atoms with Crippen molar-refractivity contribution in [1.29, 1.82) is 0 Å². The van der Waals surface area contributed by atoms with Gasteiger partial charge in [0.05, 0.1) is 6.10 Å². The van der Waals surface area contributed by atoms with E-state index in [0.29, 0.717) is 0 Å². The van der Waals surface area contributed by atoms with Crippen LogP contribution in [0.3, 0.4) is 0 Å². The molecule has 0 bridgehead atoms. The van der Waals surface area contributed by atoms with Gasteiger partial charge in [0.2, 0.25) is 0 Å². The number of hydrogen-bond acceptors (Lipinski definition) is 3. The van der Waals surface area contributed by atoms with Crippen molar-refractivity contribution in [2.75, 3.05) is 32.7 Å². The van der Waals surface area contributed by atoms with E-state index in [-0.39, 0.29) is 11.5 Å². The lowest BCUT2D eigenvalue weighted by atomic mass is 9.81. The molecule has 0 radical (unpaired) electrons. The van der Waals surface area contributed by atoms with Crippen molar-refractivity contribution in [3.63, 3.8) is 0 Å². The molecule has 1 aromatic rings. The van der Waals surface area contributed by atoms with Gasteiger partial charge in [-0.2, -0.15) is 0 Å². The fourth-order valence-electron chi connectivity index (χ4n) is 3.08. The summed E-state index contributed by atoms with van der Waals surface area (Å²) in [5, 5.41) is 13.3. The lowest BCUT2D eigenvalue weighted by Crippen LogP contribution is -2.45. The van der Waals surface area contributed by atoms with Gasteiger partial charge in [-0.15, -0.1) is 0 Å². The topological polar surface area (TPSA) is 35.5 Å². The number of aliphatic hydroxyl groups excluding tert-OH is 1. The minimum Gasteiger partial charge on any atom is -0.392 e. The van der Waals surface area contributed by atoms with E-state index in [1.807, 2.05) is 0 Å². The number of likely N-dealkylation sites (tertiary alicyclic amines) is 1. The zero-order valence-corrected chi connectivity index (χ0v) is 12.8. The third-order valence-electron chi connectivity index (χ3n) is 4.23. The average molecular weight is 276 g/mol. The predicted octanol–water partition coefficient (Wildman–Crippen LogP) is 2.01. The van der Waals surface area contributed by atoms with E-state index in [1.165, 1.54) is 5.56 Å². The van der Waals surface area contributed by atoms with Crippen LogP contribution in [0.25, 0.3) is 0 Å². The first-order valence-corrected chi connectivity index (χ1v) is 7.81. The van der Waals surface area contributed by atoms with E-state index in [0.717, 1.165) is 45.6 Å². The van der Waals surface area contributed by atoms with Crippen molar-refractivity contribution in [2.24, 2.45) is 0 Å². The Balaban J connectivity index is 2.07. The number of nitrogens with zero attached hydrogens (tertiary/aromatic N) is 1. The van der Waals surface area contributed by atoms with Crippen molar-refractivity contribution < 1.29 is 5.11 Å². The van der Waals surface area contributed by atoms with Gasteiger partial charge in [0.15, 0.2) is 0 Å². The molecule has 3 heteroatoms. The summed E-state index contributed by atoms with van der Waals surface area (Å²) in [6.45, 7) is 9.40. The highest BCUT2D eigenvalue weighted by Gasteiger charge is 2.31. The molecule has 2 atom stereocenters. The van der Waals surface area contributed by atoms with Gasteiger partial charge in [0.1, 0.15) is 0 Å². The van der Waals surface area contributed by atoms with Crippen LogP contribution in [-0.2, 0) is 5.41 Å². The van der Waals surface area contributed by atoms with Crippen LogP contribution >= 0.6 is 0 Å². The van der Waals surface area contributed by atoms with Gasteiger partial charge in [0, 0.05) is 31.6 Å². The predicted molar refractivity (Wildman–Crippen MR) is 84.0 cm³/mol. The largest absolute Gasteiger partial charge is 0.392 e. The molecule has 0 amide bonds. The van der Waals surface area contributed by atoms with Crippen molar-refractivity contribution in [3.8, 4) is 0 Å². The van der Waals surface area contributed by atoms with E-state index < -0.39 is 0 Å². The van der Waals surface area contributed by atoms with Gasteiger partial charge in [-0.25, -0.2) is 0 Å². The highest BCUT2D eigenvalue weighted by Crippen LogP contribution is 2.26. The lowest BCUT2D eigenvalue weighted by molar-refractivity contribution is 0.166. The summed E-state index contributed by atoms with van der Waals surface area (Å²) in [5.41, 5.74) is 1.48. The molecule has 1 heterocycles. The molecule has 1 aromatic carbocycles. The maximum absolute atomic E-state index is 9.72. The van der Waals surface area contributed by atoms with Gasteiger partial charge >= 0.3 is 0 Å². The second-order valence-electron chi connectivity index (χ2n) is 6.28. The smallest absolute Gasteiger partial charge is 0.0679 e. The SMILES string of the molecule is CCCNCC(C)(CN1CCC(O)C1)c1ccccc1. The van der Waals surface area contributed by atoms with Gasteiger partial charge in [-0.1, -0.05) is 44.2 Å². The summed E-state index contributed by atoms with van der Waals surface area (Å²) >= 11 is 0. The van der Waals surface area contributed by atoms with Crippen LogP contribution in [0.4, 0.5) is 0 Å². The molecule has 3 nitrogen and oxygen atoms in total. The summed E-state index contributed by atoms with van der Waals surface area (Å²) in [5.74, 6) is 0. The van der Waals surface area contributed by atoms with Crippen molar-refractivity contribution in [1.82, 2.24) is 10.2 Å². The Morgan fingerprint density at radius 1 is 1.35 bits per heavy atom. The van der Waals surface area contributed by atoms with Crippen LogP contribution in [-0.4, -0.2) is 48.8 Å². The van der Waals surface area contributed by atoms with E-state index in [4.69, 9.17) is 0 Å². The average Bonchev–Trinajstić information content (AvgIpc) is 2.85. The Kier molecular flexibility index (Phi) is 5.58. The van der Waals surface area contributed by atoms with Crippen LogP contribution in [0.5, 0.6) is 0 Å². The maximum atomic E-state index is 9.72. The molecule has 0 aliphatic carbocycles. The molecule has 0 saturated carbocycles. The molecule has 2 rings (SSSR count). The van der Waals surface area contributed by atoms with Gasteiger partial charge in [-0.3, -0.25) is 4.90 Å². The number of β-amino-alcohol motifs (C(OH)–C–C–N with tert-alkyl or cyclic N) is 1. The van der Waals surface area contributed by atoms with Crippen LogP contribution in [0, 0.1) is 0 Å². The quantitative estimate of drug-likeness (QED) is 0.748. The Morgan fingerprint density at radius 2 is 2.10 bits per heavy atom.